The average Bonchev–Trinajstić information content (AvgIpc) is 3.43. The molecule has 1 aliphatic carbocycles. The highest BCUT2D eigenvalue weighted by Gasteiger charge is 2.42. The Labute approximate surface area is 205 Å². The number of hydrogen-bond acceptors (Lipinski definition) is 5. The van der Waals surface area contributed by atoms with E-state index >= 15 is 0 Å². The van der Waals surface area contributed by atoms with E-state index in [1.807, 2.05) is 48.5 Å². The molecule has 1 aliphatic rings. The van der Waals surface area contributed by atoms with Gasteiger partial charge in [-0.2, -0.15) is 5.21 Å². The maximum Gasteiger partial charge on any atom is 0.311 e. The molecule has 8 heteroatoms. The predicted molar refractivity (Wildman–Crippen MR) is 133 cm³/mol. The summed E-state index contributed by atoms with van der Waals surface area (Å²) in [4.78, 5) is 27.3. The summed E-state index contributed by atoms with van der Waals surface area (Å²) in [6.45, 7) is 2.64. The molecular weight excluding hydrogens is 442 g/mol. The molecule has 0 atom stereocenters. The second-order valence-corrected chi connectivity index (χ2v) is 9.48. The fraction of sp³-hybridized carbons (Fsp3) is 0.444. The van der Waals surface area contributed by atoms with Crippen LogP contribution in [-0.4, -0.2) is 49.1 Å². The maximum atomic E-state index is 13.2. The van der Waals surface area contributed by atoms with Gasteiger partial charge in [0.25, 0.3) is 0 Å². The molecule has 1 saturated carbocycles. The number of carbonyl (C=O) groups is 2. The van der Waals surface area contributed by atoms with E-state index in [9.17, 15) is 14.7 Å². The van der Waals surface area contributed by atoms with Gasteiger partial charge in [-0.25, -0.2) is 0 Å². The zero-order valence-corrected chi connectivity index (χ0v) is 20.2. The number of carboxylic acids is 1. The Hall–Kier alpha value is -3.55. The monoisotopic (exact) mass is 475 g/mol. The fourth-order valence-corrected chi connectivity index (χ4v) is 4.99. The van der Waals surface area contributed by atoms with Crippen LogP contribution in [-0.2, 0) is 16.1 Å². The zero-order chi connectivity index (χ0) is 24.7. The number of amides is 1. The highest BCUT2D eigenvalue weighted by molar-refractivity contribution is 5.82. The summed E-state index contributed by atoms with van der Waals surface area (Å²) >= 11 is 0. The summed E-state index contributed by atoms with van der Waals surface area (Å²) in [6, 6.07) is 16.0. The van der Waals surface area contributed by atoms with Crippen molar-refractivity contribution in [1.82, 2.24) is 25.5 Å². The quantitative estimate of drug-likeness (QED) is 0.422. The van der Waals surface area contributed by atoms with E-state index in [-0.39, 0.29) is 12.5 Å². The smallest absolute Gasteiger partial charge is 0.311 e. The molecule has 1 heterocycles. The number of tetrazole rings is 1. The van der Waals surface area contributed by atoms with Crippen LogP contribution >= 0.6 is 0 Å². The summed E-state index contributed by atoms with van der Waals surface area (Å²) in [5, 5.41) is 24.8. The molecule has 1 fully saturated rings. The Morgan fingerprint density at radius 1 is 1.06 bits per heavy atom. The lowest BCUT2D eigenvalue weighted by Crippen LogP contribution is -2.46. The van der Waals surface area contributed by atoms with Gasteiger partial charge in [0.05, 0.1) is 5.41 Å². The third-order valence-electron chi connectivity index (χ3n) is 6.98. The minimum Gasteiger partial charge on any atom is -0.481 e. The molecule has 8 nitrogen and oxygen atoms in total. The lowest BCUT2D eigenvalue weighted by Gasteiger charge is -2.38. The number of aliphatic carboxylic acids is 1. The van der Waals surface area contributed by atoms with Crippen LogP contribution in [0.25, 0.3) is 22.5 Å². The van der Waals surface area contributed by atoms with E-state index < -0.39 is 11.4 Å². The van der Waals surface area contributed by atoms with E-state index in [0.29, 0.717) is 31.6 Å². The van der Waals surface area contributed by atoms with Gasteiger partial charge in [-0.3, -0.25) is 9.59 Å². The molecule has 0 unspecified atom stereocenters. The number of aromatic amines is 1. The van der Waals surface area contributed by atoms with Crippen LogP contribution in [0.5, 0.6) is 0 Å². The van der Waals surface area contributed by atoms with Crippen LogP contribution in [0.2, 0.25) is 0 Å². The zero-order valence-electron chi connectivity index (χ0n) is 20.2. The van der Waals surface area contributed by atoms with Crippen molar-refractivity contribution in [2.45, 2.75) is 64.8 Å². The van der Waals surface area contributed by atoms with Gasteiger partial charge in [0.15, 0.2) is 0 Å². The predicted octanol–water partition coefficient (Wildman–Crippen LogP) is 5.09. The topological polar surface area (TPSA) is 112 Å². The average molecular weight is 476 g/mol. The lowest BCUT2D eigenvalue weighted by atomic mass is 9.73. The first-order valence-electron chi connectivity index (χ1n) is 12.5. The van der Waals surface area contributed by atoms with Gasteiger partial charge in [0.2, 0.25) is 11.7 Å². The van der Waals surface area contributed by atoms with Crippen LogP contribution in [0, 0.1) is 5.41 Å². The molecule has 0 radical (unpaired) electrons. The number of nitrogens with one attached hydrogen (secondary N) is 1. The second kappa shape index (κ2) is 11.3. The van der Waals surface area contributed by atoms with Crippen LogP contribution < -0.4 is 0 Å². The van der Waals surface area contributed by atoms with Crippen molar-refractivity contribution in [3.63, 3.8) is 0 Å². The Bertz CT molecular complexity index is 1120. The number of carboxylic acid groups (broad SMARTS) is 1. The number of carbonyl (C=O) groups excluding carboxylic acids is 1. The molecule has 184 valence electrons. The Morgan fingerprint density at radius 3 is 2.49 bits per heavy atom. The number of H-pyrrole nitrogens is 1. The van der Waals surface area contributed by atoms with Gasteiger partial charge < -0.3 is 10.0 Å². The van der Waals surface area contributed by atoms with E-state index in [2.05, 4.69) is 27.5 Å². The molecular formula is C27H33N5O3. The van der Waals surface area contributed by atoms with Gasteiger partial charge in [0, 0.05) is 25.1 Å². The first-order chi connectivity index (χ1) is 17.0. The highest BCUT2D eigenvalue weighted by Crippen LogP contribution is 2.38. The molecule has 0 saturated heterocycles. The van der Waals surface area contributed by atoms with Gasteiger partial charge in [-0.15, -0.1) is 10.2 Å². The van der Waals surface area contributed by atoms with Crippen LogP contribution in [0.15, 0.2) is 48.5 Å². The highest BCUT2D eigenvalue weighted by atomic mass is 16.4. The third kappa shape index (κ3) is 5.75. The number of nitrogens with zero attached hydrogens (tertiary/aromatic N) is 4. The molecule has 0 bridgehead atoms. The number of aromatic nitrogens is 4. The molecule has 1 amide bonds. The number of unbranched alkanes of at least 4 members (excludes halogenated alkanes) is 1. The molecule has 3 aromatic rings. The normalized spacial score (nSPS) is 15.0. The minimum absolute atomic E-state index is 0.00583. The van der Waals surface area contributed by atoms with Gasteiger partial charge >= 0.3 is 5.97 Å². The maximum absolute atomic E-state index is 13.2. The largest absolute Gasteiger partial charge is 0.481 e. The van der Waals surface area contributed by atoms with Crippen LogP contribution in [0.1, 0.15) is 63.9 Å². The molecule has 0 aliphatic heterocycles. The summed E-state index contributed by atoms with van der Waals surface area (Å²) in [5.41, 5.74) is 2.84. The first kappa shape index (κ1) is 24.6. The van der Waals surface area contributed by atoms with Crippen molar-refractivity contribution in [2.24, 2.45) is 5.41 Å². The van der Waals surface area contributed by atoms with Gasteiger partial charge in [0.1, 0.15) is 0 Å². The van der Waals surface area contributed by atoms with E-state index in [1.54, 1.807) is 4.90 Å². The summed E-state index contributed by atoms with van der Waals surface area (Å²) in [6.07, 6.45) is 6.17. The third-order valence-corrected chi connectivity index (χ3v) is 6.98. The fourth-order valence-electron chi connectivity index (χ4n) is 4.99. The molecule has 35 heavy (non-hydrogen) atoms. The van der Waals surface area contributed by atoms with Crippen molar-refractivity contribution >= 4 is 11.9 Å². The summed E-state index contributed by atoms with van der Waals surface area (Å²) < 4.78 is 0. The Kier molecular flexibility index (Phi) is 7.90. The molecule has 0 spiro atoms. The molecule has 2 aromatic carbocycles. The summed E-state index contributed by atoms with van der Waals surface area (Å²) in [5.74, 6) is -0.312. The number of benzene rings is 2. The molecule has 1 aromatic heterocycles. The number of rotatable bonds is 10. The first-order valence-corrected chi connectivity index (χ1v) is 12.5. The second-order valence-electron chi connectivity index (χ2n) is 9.48. The van der Waals surface area contributed by atoms with E-state index in [1.165, 1.54) is 0 Å². The minimum atomic E-state index is -0.874. The Balaban J connectivity index is 1.67. The van der Waals surface area contributed by atoms with E-state index in [0.717, 1.165) is 54.4 Å². The van der Waals surface area contributed by atoms with E-state index in [4.69, 9.17) is 0 Å². The SMILES string of the molecule is CCCCC(=O)N(Cc1ccc(-c2ccccc2)c(-c2nn[nH]n2)c1)CC1(C(=O)O)CCCCC1. The van der Waals surface area contributed by atoms with Gasteiger partial charge in [-0.05, 0) is 47.2 Å². The molecule has 2 N–H and O–H groups in total. The van der Waals surface area contributed by atoms with Crippen LogP contribution in [0.3, 0.4) is 0 Å². The van der Waals surface area contributed by atoms with Crippen molar-refractivity contribution in [2.75, 3.05) is 6.54 Å². The summed E-state index contributed by atoms with van der Waals surface area (Å²) in [7, 11) is 0. The van der Waals surface area contributed by atoms with Crippen molar-refractivity contribution < 1.29 is 14.7 Å². The standard InChI is InChI=1S/C27H33N5O3/c1-2-3-12-24(33)32(19-27(26(34)35)15-8-5-9-16-27)18-20-13-14-22(21-10-6-4-7-11-21)23(17-20)25-28-30-31-29-25/h4,6-7,10-11,13-14,17H,2-3,5,8-9,12,15-16,18-19H2,1H3,(H,34,35)(H,28,29,30,31). The van der Waals surface area contributed by atoms with Crippen molar-refractivity contribution in [1.29, 1.82) is 0 Å². The lowest BCUT2D eigenvalue weighted by molar-refractivity contribution is -0.154. The Morgan fingerprint density at radius 2 is 1.83 bits per heavy atom. The van der Waals surface area contributed by atoms with Crippen LogP contribution in [0.4, 0.5) is 0 Å². The van der Waals surface area contributed by atoms with Gasteiger partial charge in [-0.1, -0.05) is 75.1 Å². The van der Waals surface area contributed by atoms with Crippen molar-refractivity contribution in [3.8, 4) is 22.5 Å². The molecule has 4 rings (SSSR count). The van der Waals surface area contributed by atoms with Crippen molar-refractivity contribution in [3.05, 3.63) is 54.1 Å². The number of hydrogen-bond donors (Lipinski definition) is 2.